The van der Waals surface area contributed by atoms with Crippen molar-refractivity contribution in [1.82, 2.24) is 10.4 Å². The molecule has 92 valence electrons. The minimum Gasteiger partial charge on any atom is -0.478 e. The summed E-state index contributed by atoms with van der Waals surface area (Å²) in [6, 6.07) is 5.94. The minimum absolute atomic E-state index is 0.0870. The van der Waals surface area contributed by atoms with Crippen molar-refractivity contribution in [3.05, 3.63) is 29.8 Å². The molecule has 0 aromatic heterocycles. The van der Waals surface area contributed by atoms with Crippen LogP contribution in [-0.4, -0.2) is 43.3 Å². The van der Waals surface area contributed by atoms with Crippen LogP contribution in [0.4, 0.5) is 10.5 Å². The lowest BCUT2D eigenvalue weighted by molar-refractivity contribution is 0.0697. The lowest BCUT2D eigenvalue weighted by Gasteiger charge is -2.22. The van der Waals surface area contributed by atoms with Crippen molar-refractivity contribution in [1.29, 1.82) is 0 Å². The Balaban J connectivity index is 2.99. The number of hydrogen-bond acceptors (Lipinski definition) is 3. The van der Waals surface area contributed by atoms with Gasteiger partial charge in [0, 0.05) is 21.1 Å². The lowest BCUT2D eigenvalue weighted by atomic mass is 10.1. The van der Waals surface area contributed by atoms with Gasteiger partial charge in [0.25, 0.3) is 0 Å². The number of benzene rings is 1. The molecule has 0 aliphatic carbocycles. The standard InChI is InChI=1S/C11H15N3O3/c1-13(2)12-11(17)14(3)9-7-5-4-6-8(9)10(15)16/h4-7H,1-3H3,(H,12,17)(H,15,16). The van der Waals surface area contributed by atoms with Gasteiger partial charge in [-0.3, -0.25) is 10.3 Å². The molecule has 1 aromatic rings. The molecule has 17 heavy (non-hydrogen) atoms. The van der Waals surface area contributed by atoms with Crippen LogP contribution in [0.1, 0.15) is 10.4 Å². The van der Waals surface area contributed by atoms with E-state index < -0.39 is 12.0 Å². The van der Waals surface area contributed by atoms with E-state index in [4.69, 9.17) is 5.11 Å². The van der Waals surface area contributed by atoms with E-state index in [2.05, 4.69) is 5.43 Å². The number of carboxylic acid groups (broad SMARTS) is 1. The van der Waals surface area contributed by atoms with Gasteiger partial charge in [-0.05, 0) is 12.1 Å². The molecule has 0 atom stereocenters. The second-order valence-electron chi connectivity index (χ2n) is 3.69. The second kappa shape index (κ2) is 5.31. The van der Waals surface area contributed by atoms with Gasteiger partial charge in [-0.2, -0.15) is 0 Å². The summed E-state index contributed by atoms with van der Waals surface area (Å²) >= 11 is 0. The van der Waals surface area contributed by atoms with Gasteiger partial charge in [-0.1, -0.05) is 12.1 Å². The molecule has 6 nitrogen and oxygen atoms in total. The third-order valence-electron chi connectivity index (χ3n) is 2.12. The Bertz CT molecular complexity index is 432. The topological polar surface area (TPSA) is 72.9 Å². The molecule has 0 aliphatic heterocycles. The predicted octanol–water partition coefficient (Wildman–Crippen LogP) is 1.01. The fourth-order valence-electron chi connectivity index (χ4n) is 1.32. The molecule has 0 radical (unpaired) electrons. The third-order valence-corrected chi connectivity index (χ3v) is 2.12. The van der Waals surface area contributed by atoms with Crippen molar-refractivity contribution >= 4 is 17.7 Å². The Hall–Kier alpha value is -2.08. The first-order valence-electron chi connectivity index (χ1n) is 4.97. The first-order valence-corrected chi connectivity index (χ1v) is 4.97. The fraction of sp³-hybridized carbons (Fsp3) is 0.273. The molecule has 6 heteroatoms. The van der Waals surface area contributed by atoms with E-state index in [9.17, 15) is 9.59 Å². The zero-order valence-electron chi connectivity index (χ0n) is 9.97. The van der Waals surface area contributed by atoms with Crippen molar-refractivity contribution in [3.63, 3.8) is 0 Å². The molecule has 0 unspecified atom stereocenters. The van der Waals surface area contributed by atoms with E-state index in [0.717, 1.165) is 0 Å². The summed E-state index contributed by atoms with van der Waals surface area (Å²) in [6.07, 6.45) is 0. The van der Waals surface area contributed by atoms with Crippen molar-refractivity contribution < 1.29 is 14.7 Å². The van der Waals surface area contributed by atoms with Crippen LogP contribution >= 0.6 is 0 Å². The van der Waals surface area contributed by atoms with Gasteiger partial charge in [0.2, 0.25) is 0 Å². The molecule has 0 saturated carbocycles. The van der Waals surface area contributed by atoms with Crippen LogP contribution in [0.5, 0.6) is 0 Å². The van der Waals surface area contributed by atoms with E-state index in [0.29, 0.717) is 5.69 Å². The maximum absolute atomic E-state index is 11.7. The number of anilines is 1. The molecule has 1 rings (SSSR count). The maximum Gasteiger partial charge on any atom is 0.337 e. The number of urea groups is 1. The molecular formula is C11H15N3O3. The van der Waals surface area contributed by atoms with Crippen LogP contribution in [0.2, 0.25) is 0 Å². The number of amides is 2. The first-order chi connectivity index (χ1) is 7.93. The smallest absolute Gasteiger partial charge is 0.337 e. The second-order valence-corrected chi connectivity index (χ2v) is 3.69. The number of carboxylic acids is 1. The van der Waals surface area contributed by atoms with Crippen LogP contribution in [0, 0.1) is 0 Å². The molecule has 2 amide bonds. The molecule has 0 aliphatic rings. The van der Waals surface area contributed by atoms with Gasteiger partial charge in [-0.15, -0.1) is 0 Å². The summed E-state index contributed by atoms with van der Waals surface area (Å²) in [5.41, 5.74) is 2.97. The summed E-state index contributed by atoms with van der Waals surface area (Å²) in [7, 11) is 4.87. The number of hydrazine groups is 1. The molecule has 2 N–H and O–H groups in total. The first kappa shape index (κ1) is 13.0. The number of aromatic carboxylic acids is 1. The van der Waals surface area contributed by atoms with E-state index in [-0.39, 0.29) is 5.56 Å². The number of carbonyl (C=O) groups is 2. The fourth-order valence-corrected chi connectivity index (χ4v) is 1.32. The van der Waals surface area contributed by atoms with Gasteiger partial charge in [-0.25, -0.2) is 14.6 Å². The van der Waals surface area contributed by atoms with Gasteiger partial charge >= 0.3 is 12.0 Å². The quantitative estimate of drug-likeness (QED) is 0.769. The molecule has 1 aromatic carbocycles. The molecule has 0 heterocycles. The van der Waals surface area contributed by atoms with Crippen LogP contribution in [-0.2, 0) is 0 Å². The average Bonchev–Trinajstić information content (AvgIpc) is 2.27. The third kappa shape index (κ3) is 3.18. The number of hydrogen-bond donors (Lipinski definition) is 2. The van der Waals surface area contributed by atoms with Crippen LogP contribution in [0.15, 0.2) is 24.3 Å². The zero-order valence-corrected chi connectivity index (χ0v) is 9.97. The van der Waals surface area contributed by atoms with E-state index >= 15 is 0 Å². The summed E-state index contributed by atoms with van der Waals surface area (Å²) in [4.78, 5) is 24.0. The predicted molar refractivity (Wildman–Crippen MR) is 64.0 cm³/mol. The Kier molecular flexibility index (Phi) is 4.06. The SMILES string of the molecule is CN(C)NC(=O)N(C)c1ccccc1C(=O)O. The maximum atomic E-state index is 11.7. The minimum atomic E-state index is -1.06. The Morgan fingerprint density at radius 1 is 1.18 bits per heavy atom. The lowest BCUT2D eigenvalue weighted by Crippen LogP contribution is -2.44. The van der Waals surface area contributed by atoms with Crippen LogP contribution in [0.3, 0.4) is 0 Å². The monoisotopic (exact) mass is 237 g/mol. The highest BCUT2D eigenvalue weighted by Gasteiger charge is 2.17. The molecule has 0 fully saturated rings. The van der Waals surface area contributed by atoms with Crippen LogP contribution < -0.4 is 10.3 Å². The van der Waals surface area contributed by atoms with Crippen molar-refractivity contribution in [3.8, 4) is 0 Å². The zero-order chi connectivity index (χ0) is 13.0. The van der Waals surface area contributed by atoms with E-state index in [1.807, 2.05) is 0 Å². The number of para-hydroxylation sites is 1. The van der Waals surface area contributed by atoms with Crippen molar-refractivity contribution in [2.24, 2.45) is 0 Å². The molecule has 0 saturated heterocycles. The Morgan fingerprint density at radius 3 is 2.29 bits per heavy atom. The number of nitrogens with one attached hydrogen (secondary N) is 1. The summed E-state index contributed by atoms with van der Waals surface area (Å²) < 4.78 is 0. The summed E-state index contributed by atoms with van der Waals surface area (Å²) in [5.74, 6) is -1.06. The highest BCUT2D eigenvalue weighted by molar-refractivity contribution is 6.00. The normalized spacial score (nSPS) is 10.1. The summed E-state index contributed by atoms with van der Waals surface area (Å²) in [6.45, 7) is 0. The van der Waals surface area contributed by atoms with Gasteiger partial charge in [0.1, 0.15) is 0 Å². The molecular weight excluding hydrogens is 222 g/mol. The summed E-state index contributed by atoms with van der Waals surface area (Å²) in [5, 5.41) is 10.5. The van der Waals surface area contributed by atoms with Gasteiger partial charge in [0.05, 0.1) is 11.3 Å². The van der Waals surface area contributed by atoms with Crippen LogP contribution in [0.25, 0.3) is 0 Å². The van der Waals surface area contributed by atoms with Gasteiger partial charge < -0.3 is 5.11 Å². The Morgan fingerprint density at radius 2 is 1.76 bits per heavy atom. The van der Waals surface area contributed by atoms with E-state index in [1.165, 1.54) is 23.0 Å². The highest BCUT2D eigenvalue weighted by atomic mass is 16.4. The van der Waals surface area contributed by atoms with Crippen molar-refractivity contribution in [2.75, 3.05) is 26.0 Å². The largest absolute Gasteiger partial charge is 0.478 e. The molecule has 0 spiro atoms. The van der Waals surface area contributed by atoms with Gasteiger partial charge in [0.15, 0.2) is 0 Å². The molecule has 0 bridgehead atoms. The highest BCUT2D eigenvalue weighted by Crippen LogP contribution is 2.18. The number of carbonyl (C=O) groups excluding carboxylic acids is 1. The number of rotatable bonds is 3. The average molecular weight is 237 g/mol. The number of nitrogens with zero attached hydrogens (tertiary/aromatic N) is 2. The van der Waals surface area contributed by atoms with Crippen molar-refractivity contribution in [2.45, 2.75) is 0 Å². The Labute approximate surface area is 99.4 Å². The van der Waals surface area contributed by atoms with E-state index in [1.54, 1.807) is 32.3 Å².